The Labute approximate surface area is 133 Å². The maximum Gasteiger partial charge on any atom is 0.312 e. The third kappa shape index (κ3) is 2.84. The largest absolute Gasteiger partial charge is 0.502 e. The lowest BCUT2D eigenvalue weighted by Gasteiger charge is -2.01. The number of nitro benzene ring substituents is 1. The van der Waals surface area contributed by atoms with Crippen LogP contribution in [0.25, 0.3) is 0 Å². The van der Waals surface area contributed by atoms with Crippen LogP contribution in [-0.2, 0) is 0 Å². The van der Waals surface area contributed by atoms with E-state index in [-0.39, 0.29) is 17.0 Å². The van der Waals surface area contributed by atoms with Crippen LogP contribution in [0.4, 0.5) is 11.6 Å². The predicted molar refractivity (Wildman–Crippen MR) is 82.6 cm³/mol. The highest BCUT2D eigenvalue weighted by atomic mass is 79.9. The molecule has 22 heavy (non-hydrogen) atoms. The van der Waals surface area contributed by atoms with E-state index in [1.165, 1.54) is 18.3 Å². The first-order chi connectivity index (χ1) is 10.3. The number of rotatable bonds is 3. The number of aliphatic imine (C=N–C) groups is 1. The fraction of sp³-hybridized carbons (Fsp3) is 0.143. The zero-order valence-corrected chi connectivity index (χ0v) is 13.2. The van der Waals surface area contributed by atoms with Gasteiger partial charge in [0.1, 0.15) is 17.4 Å². The van der Waals surface area contributed by atoms with Crippen LogP contribution < -0.4 is 0 Å². The predicted octanol–water partition coefficient (Wildman–Crippen LogP) is 3.90. The van der Waals surface area contributed by atoms with Gasteiger partial charge in [0.25, 0.3) is 0 Å². The summed E-state index contributed by atoms with van der Waals surface area (Å²) in [6.07, 6.45) is 1.21. The van der Waals surface area contributed by atoms with Crippen LogP contribution >= 0.6 is 15.9 Å². The quantitative estimate of drug-likeness (QED) is 0.504. The normalized spacial score (nSPS) is 10.8. The summed E-state index contributed by atoms with van der Waals surface area (Å²) >= 11 is 3.13. The number of aryl methyl sites for hydroxylation is 1. The third-order valence-corrected chi connectivity index (χ3v) is 3.54. The number of furan rings is 1. The summed E-state index contributed by atoms with van der Waals surface area (Å²) in [5.41, 5.74) is 0.664. The monoisotopic (exact) mass is 363 g/mol. The molecule has 0 unspecified atom stereocenters. The number of benzene rings is 1. The molecule has 0 aliphatic heterocycles. The fourth-order valence-electron chi connectivity index (χ4n) is 1.80. The molecular weight excluding hydrogens is 354 g/mol. The number of hydrogen-bond acceptors (Lipinski definition) is 6. The highest BCUT2D eigenvalue weighted by Crippen LogP contribution is 2.33. The molecule has 2 aromatic rings. The molecule has 0 aliphatic carbocycles. The van der Waals surface area contributed by atoms with E-state index in [9.17, 15) is 15.2 Å². The Bertz CT molecular complexity index is 834. The Morgan fingerprint density at radius 1 is 1.50 bits per heavy atom. The number of nitro groups is 1. The van der Waals surface area contributed by atoms with Gasteiger partial charge in [0.2, 0.25) is 11.6 Å². The van der Waals surface area contributed by atoms with Gasteiger partial charge in [-0.1, -0.05) is 15.9 Å². The van der Waals surface area contributed by atoms with Gasteiger partial charge in [0.05, 0.1) is 4.92 Å². The maximum atomic E-state index is 10.9. The minimum atomic E-state index is -0.695. The van der Waals surface area contributed by atoms with Crippen molar-refractivity contribution in [1.29, 1.82) is 5.26 Å². The summed E-state index contributed by atoms with van der Waals surface area (Å²) in [6.45, 7) is 3.44. The SMILES string of the molecule is Cc1oc(N=Cc2cc(Br)cc([N+](=O)[O-])c2O)c(C#N)c1C. The molecule has 0 radical (unpaired) electrons. The van der Waals surface area contributed by atoms with Gasteiger partial charge in [-0.05, 0) is 19.9 Å². The number of phenolic OH excluding ortho intramolecular Hbond substituents is 1. The molecule has 7 nitrogen and oxygen atoms in total. The molecule has 0 saturated carbocycles. The second-order valence-electron chi connectivity index (χ2n) is 4.45. The average Bonchev–Trinajstić information content (AvgIpc) is 2.73. The van der Waals surface area contributed by atoms with Gasteiger partial charge in [-0.15, -0.1) is 0 Å². The van der Waals surface area contributed by atoms with Crippen molar-refractivity contribution in [2.75, 3.05) is 0 Å². The highest BCUT2D eigenvalue weighted by molar-refractivity contribution is 9.10. The molecule has 0 spiro atoms. The standard InChI is InChI=1S/C14H10BrN3O4/c1-7-8(2)22-14(11(7)5-16)17-6-9-3-10(15)4-12(13(9)19)18(20)21/h3-4,6,19H,1-2H3. The van der Waals surface area contributed by atoms with Gasteiger partial charge in [-0.3, -0.25) is 10.1 Å². The molecular formula is C14H10BrN3O4. The molecule has 8 heteroatoms. The summed E-state index contributed by atoms with van der Waals surface area (Å²) < 4.78 is 5.78. The number of phenols is 1. The molecule has 112 valence electrons. The van der Waals surface area contributed by atoms with E-state index in [1.807, 2.05) is 6.07 Å². The summed E-state index contributed by atoms with van der Waals surface area (Å²) in [5.74, 6) is 0.156. The van der Waals surface area contributed by atoms with Crippen molar-refractivity contribution in [2.24, 2.45) is 4.99 Å². The summed E-state index contributed by atoms with van der Waals surface area (Å²) in [6, 6.07) is 4.65. The summed E-state index contributed by atoms with van der Waals surface area (Å²) in [4.78, 5) is 14.2. The van der Waals surface area contributed by atoms with Crippen molar-refractivity contribution in [3.8, 4) is 11.8 Å². The molecule has 1 aromatic carbocycles. The Hall–Kier alpha value is -2.66. The van der Waals surface area contributed by atoms with Gasteiger partial charge in [-0.25, -0.2) is 4.99 Å². The lowest BCUT2D eigenvalue weighted by Crippen LogP contribution is -1.92. The van der Waals surface area contributed by atoms with Gasteiger partial charge in [0.15, 0.2) is 0 Å². The summed E-state index contributed by atoms with van der Waals surface area (Å²) in [7, 11) is 0. The van der Waals surface area contributed by atoms with Crippen molar-refractivity contribution in [1.82, 2.24) is 0 Å². The van der Waals surface area contributed by atoms with Gasteiger partial charge in [-0.2, -0.15) is 5.26 Å². The fourth-order valence-corrected chi connectivity index (χ4v) is 2.27. The molecule has 1 heterocycles. The first kappa shape index (κ1) is 15.7. The van der Waals surface area contributed by atoms with Crippen LogP contribution in [0.3, 0.4) is 0 Å². The molecule has 0 amide bonds. The third-order valence-electron chi connectivity index (χ3n) is 3.08. The second-order valence-corrected chi connectivity index (χ2v) is 5.37. The lowest BCUT2D eigenvalue weighted by molar-refractivity contribution is -0.385. The van der Waals surface area contributed by atoms with Crippen LogP contribution in [-0.4, -0.2) is 16.2 Å². The van der Waals surface area contributed by atoms with E-state index in [4.69, 9.17) is 9.68 Å². The smallest absolute Gasteiger partial charge is 0.312 e. The number of nitrogens with zero attached hydrogens (tertiary/aromatic N) is 3. The van der Waals surface area contributed by atoms with Crippen molar-refractivity contribution >= 4 is 33.7 Å². The number of aromatic hydroxyl groups is 1. The molecule has 0 saturated heterocycles. The van der Waals surface area contributed by atoms with E-state index < -0.39 is 16.4 Å². The van der Waals surface area contributed by atoms with Crippen molar-refractivity contribution in [3.05, 3.63) is 49.2 Å². The molecule has 1 N–H and O–H groups in total. The van der Waals surface area contributed by atoms with E-state index >= 15 is 0 Å². The van der Waals surface area contributed by atoms with E-state index in [2.05, 4.69) is 20.9 Å². The van der Waals surface area contributed by atoms with Crippen LogP contribution in [0.15, 0.2) is 26.0 Å². The molecule has 0 bridgehead atoms. The van der Waals surface area contributed by atoms with Gasteiger partial charge < -0.3 is 9.52 Å². The van der Waals surface area contributed by atoms with E-state index in [0.29, 0.717) is 15.8 Å². The second kappa shape index (κ2) is 5.99. The van der Waals surface area contributed by atoms with Crippen LogP contribution in [0.5, 0.6) is 5.75 Å². The molecule has 0 atom stereocenters. The van der Waals surface area contributed by atoms with Crippen molar-refractivity contribution < 1.29 is 14.4 Å². The van der Waals surface area contributed by atoms with Crippen LogP contribution in [0.1, 0.15) is 22.5 Å². The zero-order chi connectivity index (χ0) is 16.4. The lowest BCUT2D eigenvalue weighted by atomic mass is 10.2. The van der Waals surface area contributed by atoms with Crippen LogP contribution in [0.2, 0.25) is 0 Å². The highest BCUT2D eigenvalue weighted by Gasteiger charge is 2.18. The minimum Gasteiger partial charge on any atom is -0.502 e. The molecule has 1 aromatic heterocycles. The summed E-state index contributed by atoms with van der Waals surface area (Å²) in [5, 5.41) is 29.9. The topological polar surface area (TPSA) is 113 Å². The van der Waals surface area contributed by atoms with E-state index in [0.717, 1.165) is 0 Å². The Morgan fingerprint density at radius 2 is 2.18 bits per heavy atom. The van der Waals surface area contributed by atoms with Gasteiger partial charge >= 0.3 is 5.69 Å². The maximum absolute atomic E-state index is 10.9. The Morgan fingerprint density at radius 3 is 2.77 bits per heavy atom. The molecule has 0 fully saturated rings. The first-order valence-electron chi connectivity index (χ1n) is 6.06. The van der Waals surface area contributed by atoms with Crippen molar-refractivity contribution in [3.63, 3.8) is 0 Å². The first-order valence-corrected chi connectivity index (χ1v) is 6.85. The number of nitriles is 1. The average molecular weight is 364 g/mol. The molecule has 0 aliphatic rings. The van der Waals surface area contributed by atoms with Gasteiger partial charge in [0, 0.05) is 27.9 Å². The Balaban J connectivity index is 2.50. The Kier molecular flexibility index (Phi) is 4.28. The zero-order valence-electron chi connectivity index (χ0n) is 11.6. The number of halogens is 1. The van der Waals surface area contributed by atoms with Crippen LogP contribution in [0, 0.1) is 35.3 Å². The number of hydrogen-bond donors (Lipinski definition) is 1. The molecule has 2 rings (SSSR count). The minimum absolute atomic E-state index is 0.0968. The van der Waals surface area contributed by atoms with Crippen molar-refractivity contribution in [2.45, 2.75) is 13.8 Å². The van der Waals surface area contributed by atoms with E-state index in [1.54, 1.807) is 13.8 Å².